The van der Waals surface area contributed by atoms with E-state index in [1.54, 1.807) is 6.08 Å². The van der Waals surface area contributed by atoms with Gasteiger partial charge in [0.25, 0.3) is 0 Å². The first-order valence-corrected chi connectivity index (χ1v) is 8.97. The second-order valence-corrected chi connectivity index (χ2v) is 6.80. The Morgan fingerprint density at radius 2 is 1.78 bits per heavy atom. The van der Waals surface area contributed by atoms with Crippen molar-refractivity contribution < 1.29 is 9.32 Å². The molecule has 138 valence electrons. The Bertz CT molecular complexity index is 912. The molecule has 0 aliphatic rings. The molecule has 0 radical (unpaired) electrons. The molecule has 1 unspecified atom stereocenters. The van der Waals surface area contributed by atoms with Crippen LogP contribution in [-0.4, -0.2) is 16.0 Å². The Labute approximate surface area is 159 Å². The van der Waals surface area contributed by atoms with Crippen LogP contribution in [0.5, 0.6) is 0 Å². The van der Waals surface area contributed by atoms with Crippen molar-refractivity contribution in [2.45, 2.75) is 26.8 Å². The van der Waals surface area contributed by atoms with Crippen LogP contribution >= 0.6 is 0 Å². The van der Waals surface area contributed by atoms with Crippen molar-refractivity contribution in [3.05, 3.63) is 77.7 Å². The van der Waals surface area contributed by atoms with E-state index in [2.05, 4.69) is 15.5 Å². The van der Waals surface area contributed by atoms with Gasteiger partial charge >= 0.3 is 0 Å². The van der Waals surface area contributed by atoms with Crippen LogP contribution in [0, 0.1) is 12.8 Å². The Balaban J connectivity index is 1.73. The summed E-state index contributed by atoms with van der Waals surface area (Å²) >= 11 is 0. The van der Waals surface area contributed by atoms with Gasteiger partial charge < -0.3 is 9.84 Å². The molecule has 27 heavy (non-hydrogen) atoms. The van der Waals surface area contributed by atoms with E-state index in [-0.39, 0.29) is 17.9 Å². The number of nitrogens with zero attached hydrogens (tertiary/aromatic N) is 2. The van der Waals surface area contributed by atoms with E-state index in [0.717, 1.165) is 11.1 Å². The third-order valence-corrected chi connectivity index (χ3v) is 4.21. The second-order valence-electron chi connectivity index (χ2n) is 6.80. The summed E-state index contributed by atoms with van der Waals surface area (Å²) in [5.41, 5.74) is 3.02. The van der Waals surface area contributed by atoms with Crippen LogP contribution in [0.4, 0.5) is 0 Å². The standard InChI is InChI=1S/C22H23N3O2/c1-15(2)20(23-19(26)14-11-17-7-5-4-6-8-17)22-24-21(25-27-22)18-12-9-16(3)10-13-18/h4-15,20H,1-3H3,(H,23,26)/b14-11+. The summed E-state index contributed by atoms with van der Waals surface area (Å²) in [6.45, 7) is 6.03. The van der Waals surface area contributed by atoms with Crippen LogP contribution in [-0.2, 0) is 4.79 Å². The van der Waals surface area contributed by atoms with Crippen molar-refractivity contribution in [3.8, 4) is 11.4 Å². The Morgan fingerprint density at radius 1 is 1.07 bits per heavy atom. The van der Waals surface area contributed by atoms with Crippen LogP contribution in [0.3, 0.4) is 0 Å². The Morgan fingerprint density at radius 3 is 2.44 bits per heavy atom. The van der Waals surface area contributed by atoms with Crippen molar-refractivity contribution in [1.82, 2.24) is 15.5 Å². The lowest BCUT2D eigenvalue weighted by Gasteiger charge is -2.17. The first-order chi connectivity index (χ1) is 13.0. The minimum Gasteiger partial charge on any atom is -0.340 e. The van der Waals surface area contributed by atoms with E-state index < -0.39 is 0 Å². The highest BCUT2D eigenvalue weighted by atomic mass is 16.5. The number of benzene rings is 2. The summed E-state index contributed by atoms with van der Waals surface area (Å²) in [4.78, 5) is 16.8. The zero-order valence-electron chi connectivity index (χ0n) is 15.7. The van der Waals surface area contributed by atoms with Gasteiger partial charge in [-0.2, -0.15) is 4.98 Å². The molecule has 0 saturated heterocycles. The Kier molecular flexibility index (Phi) is 5.81. The fourth-order valence-corrected chi connectivity index (χ4v) is 2.63. The SMILES string of the molecule is Cc1ccc(-c2noc(C(NC(=O)/C=C/c3ccccc3)C(C)C)n2)cc1. The van der Waals surface area contributed by atoms with Crippen LogP contribution < -0.4 is 5.32 Å². The lowest BCUT2D eigenvalue weighted by molar-refractivity contribution is -0.117. The monoisotopic (exact) mass is 361 g/mol. The first-order valence-electron chi connectivity index (χ1n) is 8.97. The smallest absolute Gasteiger partial charge is 0.249 e. The topological polar surface area (TPSA) is 68.0 Å². The van der Waals surface area contributed by atoms with Crippen molar-refractivity contribution >= 4 is 12.0 Å². The van der Waals surface area contributed by atoms with Crippen LogP contribution in [0.1, 0.15) is 36.9 Å². The van der Waals surface area contributed by atoms with Crippen molar-refractivity contribution in [2.75, 3.05) is 0 Å². The van der Waals surface area contributed by atoms with Crippen molar-refractivity contribution in [3.63, 3.8) is 0 Å². The predicted octanol–water partition coefficient (Wildman–Crippen LogP) is 4.57. The van der Waals surface area contributed by atoms with Crippen LogP contribution in [0.25, 0.3) is 17.5 Å². The summed E-state index contributed by atoms with van der Waals surface area (Å²) in [5, 5.41) is 7.02. The summed E-state index contributed by atoms with van der Waals surface area (Å²) in [7, 11) is 0. The molecule has 2 aromatic carbocycles. The van der Waals surface area contributed by atoms with Gasteiger partial charge in [0.05, 0.1) is 0 Å². The highest BCUT2D eigenvalue weighted by Crippen LogP contribution is 2.23. The molecule has 3 rings (SSSR count). The lowest BCUT2D eigenvalue weighted by atomic mass is 10.0. The van der Waals surface area contributed by atoms with E-state index >= 15 is 0 Å². The van der Waals surface area contributed by atoms with Crippen LogP contribution in [0.2, 0.25) is 0 Å². The molecule has 5 heteroatoms. The summed E-state index contributed by atoms with van der Waals surface area (Å²) in [6, 6.07) is 17.2. The molecule has 3 aromatic rings. The van der Waals surface area contributed by atoms with Gasteiger partial charge in [-0.3, -0.25) is 4.79 Å². The number of rotatable bonds is 6. The fraction of sp³-hybridized carbons (Fsp3) is 0.227. The lowest BCUT2D eigenvalue weighted by Crippen LogP contribution is -2.30. The normalized spacial score (nSPS) is 12.4. The summed E-state index contributed by atoms with van der Waals surface area (Å²) in [5.74, 6) is 0.824. The van der Waals surface area contributed by atoms with Gasteiger partial charge in [-0.05, 0) is 24.5 Å². The van der Waals surface area contributed by atoms with E-state index in [1.165, 1.54) is 11.6 Å². The number of aromatic nitrogens is 2. The predicted molar refractivity (Wildman–Crippen MR) is 106 cm³/mol. The molecule has 0 aliphatic heterocycles. The average Bonchev–Trinajstić information content (AvgIpc) is 3.15. The molecule has 0 saturated carbocycles. The summed E-state index contributed by atoms with van der Waals surface area (Å²) in [6.07, 6.45) is 3.29. The molecule has 1 N–H and O–H groups in total. The molecule has 1 aromatic heterocycles. The van der Waals surface area contributed by atoms with Gasteiger partial charge in [-0.25, -0.2) is 0 Å². The molecule has 0 aliphatic carbocycles. The first kappa shape index (κ1) is 18.6. The number of amides is 1. The van der Waals surface area contributed by atoms with E-state index in [9.17, 15) is 4.79 Å². The van der Waals surface area contributed by atoms with E-state index in [0.29, 0.717) is 11.7 Å². The number of hydrogen-bond donors (Lipinski definition) is 1. The van der Waals surface area contributed by atoms with E-state index in [1.807, 2.05) is 75.4 Å². The summed E-state index contributed by atoms with van der Waals surface area (Å²) < 4.78 is 5.44. The van der Waals surface area contributed by atoms with Gasteiger partial charge in [0, 0.05) is 11.6 Å². The molecular formula is C22H23N3O2. The van der Waals surface area contributed by atoms with Crippen molar-refractivity contribution in [1.29, 1.82) is 0 Å². The zero-order chi connectivity index (χ0) is 19.2. The molecule has 0 bridgehead atoms. The molecule has 0 spiro atoms. The maximum absolute atomic E-state index is 12.3. The van der Waals surface area contributed by atoms with Crippen LogP contribution in [0.15, 0.2) is 65.2 Å². The second kappa shape index (κ2) is 8.45. The maximum atomic E-state index is 12.3. The quantitative estimate of drug-likeness (QED) is 0.653. The number of carbonyl (C=O) groups excluding carboxylic acids is 1. The van der Waals surface area contributed by atoms with Gasteiger partial charge in [-0.1, -0.05) is 79.2 Å². The third kappa shape index (κ3) is 4.91. The number of nitrogens with one attached hydrogen (secondary N) is 1. The van der Waals surface area contributed by atoms with Gasteiger partial charge in [-0.15, -0.1) is 0 Å². The zero-order valence-corrected chi connectivity index (χ0v) is 15.7. The molecular weight excluding hydrogens is 338 g/mol. The van der Waals surface area contributed by atoms with Gasteiger partial charge in [0.15, 0.2) is 0 Å². The largest absolute Gasteiger partial charge is 0.340 e. The molecule has 1 heterocycles. The van der Waals surface area contributed by atoms with E-state index in [4.69, 9.17) is 4.52 Å². The molecule has 1 amide bonds. The van der Waals surface area contributed by atoms with Gasteiger partial charge in [0.2, 0.25) is 17.6 Å². The minimum atomic E-state index is -0.357. The third-order valence-electron chi connectivity index (χ3n) is 4.21. The number of carbonyl (C=O) groups is 1. The van der Waals surface area contributed by atoms with Crippen molar-refractivity contribution in [2.24, 2.45) is 5.92 Å². The minimum absolute atomic E-state index is 0.102. The molecule has 1 atom stereocenters. The van der Waals surface area contributed by atoms with Gasteiger partial charge in [0.1, 0.15) is 6.04 Å². The molecule has 5 nitrogen and oxygen atoms in total. The Hall–Kier alpha value is -3.21. The highest BCUT2D eigenvalue weighted by molar-refractivity contribution is 5.91. The molecule has 0 fully saturated rings. The fourth-order valence-electron chi connectivity index (χ4n) is 2.63. The number of aryl methyl sites for hydroxylation is 1. The average molecular weight is 361 g/mol. The maximum Gasteiger partial charge on any atom is 0.249 e. The highest BCUT2D eigenvalue weighted by Gasteiger charge is 2.24. The number of hydrogen-bond acceptors (Lipinski definition) is 4.